The third kappa shape index (κ3) is 5.93. The summed E-state index contributed by atoms with van der Waals surface area (Å²) in [4.78, 5) is 0. The molecule has 136 valence electrons. The van der Waals surface area contributed by atoms with E-state index in [4.69, 9.17) is 17.0 Å². The summed E-state index contributed by atoms with van der Waals surface area (Å²) in [6.45, 7) is 6.01. The van der Waals surface area contributed by atoms with Crippen LogP contribution in [-0.2, 0) is 6.61 Å². The maximum Gasteiger partial charge on any atom is 0.187 e. The fraction of sp³-hybridized carbons (Fsp3) is 0.158. The second-order valence-corrected chi connectivity index (χ2v) is 5.76. The van der Waals surface area contributed by atoms with E-state index in [1.54, 1.807) is 18.2 Å². The number of nitrogens with zero attached hydrogens (tertiary/aromatic N) is 1. The average Bonchev–Trinajstić information content (AvgIpc) is 2.64. The Hall–Kier alpha value is -2.80. The first-order valence-electron chi connectivity index (χ1n) is 7.86. The van der Waals surface area contributed by atoms with Crippen LogP contribution in [0.15, 0.2) is 60.2 Å². The highest BCUT2D eigenvalue weighted by Crippen LogP contribution is 2.16. The lowest BCUT2D eigenvalue weighted by Crippen LogP contribution is -2.32. The van der Waals surface area contributed by atoms with Crippen LogP contribution in [0.4, 0.5) is 8.78 Å². The smallest absolute Gasteiger partial charge is 0.187 e. The Bertz CT molecular complexity index is 807. The number of hydrogen-bond donors (Lipinski definition) is 2. The molecule has 0 aliphatic carbocycles. The molecule has 2 aromatic carbocycles. The number of benzene rings is 2. The molecule has 0 aliphatic heterocycles. The molecule has 0 spiro atoms. The fourth-order valence-corrected chi connectivity index (χ4v) is 2.12. The van der Waals surface area contributed by atoms with Crippen LogP contribution in [0.3, 0.4) is 0 Å². The molecule has 2 aromatic rings. The average molecular weight is 375 g/mol. The van der Waals surface area contributed by atoms with Crippen molar-refractivity contribution in [2.75, 3.05) is 6.54 Å². The van der Waals surface area contributed by atoms with E-state index in [-0.39, 0.29) is 12.2 Å². The summed E-state index contributed by atoms with van der Waals surface area (Å²) >= 11 is 5.06. The second kappa shape index (κ2) is 9.62. The first-order chi connectivity index (χ1) is 12.5. The summed E-state index contributed by atoms with van der Waals surface area (Å²) in [5.74, 6) is -0.670. The van der Waals surface area contributed by atoms with Crippen LogP contribution in [0.25, 0.3) is 0 Å². The number of ether oxygens (including phenoxy) is 1. The number of rotatable bonds is 7. The second-order valence-electron chi connectivity index (χ2n) is 5.36. The van der Waals surface area contributed by atoms with Gasteiger partial charge in [0.1, 0.15) is 24.0 Å². The van der Waals surface area contributed by atoms with Gasteiger partial charge in [0.2, 0.25) is 0 Å². The van der Waals surface area contributed by atoms with Gasteiger partial charge in [-0.1, -0.05) is 6.08 Å². The van der Waals surface area contributed by atoms with E-state index >= 15 is 0 Å². The molecule has 0 heterocycles. The van der Waals surface area contributed by atoms with Crippen LogP contribution in [0, 0.1) is 11.6 Å². The Morgan fingerprint density at radius 1 is 1.23 bits per heavy atom. The lowest BCUT2D eigenvalue weighted by atomic mass is 10.1. The SMILES string of the molecule is C=CCNC(=S)N/N=C(\C)c1ccc(OCc2ccc(F)cc2F)cc1. The van der Waals surface area contributed by atoms with Crippen molar-refractivity contribution in [1.29, 1.82) is 0 Å². The zero-order chi connectivity index (χ0) is 18.9. The minimum Gasteiger partial charge on any atom is -0.489 e. The molecule has 0 amide bonds. The van der Waals surface area contributed by atoms with Crippen LogP contribution in [0.5, 0.6) is 5.75 Å². The topological polar surface area (TPSA) is 45.7 Å². The van der Waals surface area contributed by atoms with Gasteiger partial charge in [0, 0.05) is 18.2 Å². The van der Waals surface area contributed by atoms with E-state index in [2.05, 4.69) is 22.4 Å². The Morgan fingerprint density at radius 2 is 1.96 bits per heavy atom. The first-order valence-corrected chi connectivity index (χ1v) is 8.26. The van der Waals surface area contributed by atoms with Crippen molar-refractivity contribution in [2.24, 2.45) is 5.10 Å². The zero-order valence-electron chi connectivity index (χ0n) is 14.3. The van der Waals surface area contributed by atoms with Crippen LogP contribution < -0.4 is 15.5 Å². The first kappa shape index (κ1) is 19.5. The number of hydrogen-bond acceptors (Lipinski definition) is 3. The molecule has 26 heavy (non-hydrogen) atoms. The lowest BCUT2D eigenvalue weighted by molar-refractivity contribution is 0.299. The molecule has 2 N–H and O–H groups in total. The Balaban J connectivity index is 1.92. The van der Waals surface area contributed by atoms with Gasteiger partial charge in [-0.15, -0.1) is 6.58 Å². The molecule has 0 atom stereocenters. The van der Waals surface area contributed by atoms with Crippen LogP contribution in [0.2, 0.25) is 0 Å². The van der Waals surface area contributed by atoms with Gasteiger partial charge in [-0.05, 0) is 61.1 Å². The van der Waals surface area contributed by atoms with Crippen molar-refractivity contribution in [2.45, 2.75) is 13.5 Å². The van der Waals surface area contributed by atoms with Crippen molar-refractivity contribution < 1.29 is 13.5 Å². The predicted molar refractivity (Wildman–Crippen MR) is 103 cm³/mol. The Morgan fingerprint density at radius 3 is 2.62 bits per heavy atom. The van der Waals surface area contributed by atoms with Crippen molar-refractivity contribution in [3.05, 3.63) is 77.9 Å². The zero-order valence-corrected chi connectivity index (χ0v) is 15.1. The molecular formula is C19H19F2N3OS. The summed E-state index contributed by atoms with van der Waals surface area (Å²) < 4.78 is 32.0. The van der Waals surface area contributed by atoms with Crippen molar-refractivity contribution in [1.82, 2.24) is 10.7 Å². The molecule has 0 unspecified atom stereocenters. The highest BCUT2D eigenvalue weighted by Gasteiger charge is 2.05. The summed E-state index contributed by atoms with van der Waals surface area (Å²) in [7, 11) is 0. The third-order valence-electron chi connectivity index (χ3n) is 3.41. The molecule has 4 nitrogen and oxygen atoms in total. The molecule has 0 fully saturated rings. The summed E-state index contributed by atoms with van der Waals surface area (Å²) in [6.07, 6.45) is 1.70. The van der Waals surface area contributed by atoms with Crippen molar-refractivity contribution in [3.63, 3.8) is 0 Å². The number of thiocarbonyl (C=S) groups is 1. The highest BCUT2D eigenvalue weighted by molar-refractivity contribution is 7.80. The van der Waals surface area contributed by atoms with Gasteiger partial charge in [-0.3, -0.25) is 5.43 Å². The normalized spacial score (nSPS) is 11.0. The fourth-order valence-electron chi connectivity index (χ4n) is 2.00. The molecule has 0 aromatic heterocycles. The summed E-state index contributed by atoms with van der Waals surface area (Å²) in [6, 6.07) is 10.6. The maximum atomic E-state index is 13.6. The number of nitrogens with one attached hydrogen (secondary N) is 2. The van der Waals surface area contributed by atoms with Crippen molar-refractivity contribution >= 4 is 23.0 Å². The monoisotopic (exact) mass is 375 g/mol. The van der Waals surface area contributed by atoms with Gasteiger partial charge in [-0.25, -0.2) is 8.78 Å². The molecule has 0 aliphatic rings. The molecule has 0 bridgehead atoms. The molecule has 0 saturated heterocycles. The van der Waals surface area contributed by atoms with E-state index < -0.39 is 11.6 Å². The van der Waals surface area contributed by atoms with Gasteiger partial charge in [0.05, 0.1) is 5.71 Å². The van der Waals surface area contributed by atoms with Gasteiger partial charge in [0.25, 0.3) is 0 Å². The standard InChI is InChI=1S/C19H19F2N3OS/c1-3-10-22-19(26)24-23-13(2)14-5-8-17(9-6-14)25-12-15-4-7-16(20)11-18(15)21/h3-9,11H,1,10,12H2,2H3,(H2,22,24,26)/b23-13+. The summed E-state index contributed by atoms with van der Waals surface area (Å²) in [5.41, 5.74) is 4.65. The Labute approximate surface area is 156 Å². The predicted octanol–water partition coefficient (Wildman–Crippen LogP) is 3.92. The van der Waals surface area contributed by atoms with Crippen LogP contribution in [0.1, 0.15) is 18.1 Å². The molecule has 0 radical (unpaired) electrons. The maximum absolute atomic E-state index is 13.6. The quantitative estimate of drug-likeness (QED) is 0.333. The third-order valence-corrected chi connectivity index (χ3v) is 3.65. The van der Waals surface area contributed by atoms with E-state index in [9.17, 15) is 8.78 Å². The van der Waals surface area contributed by atoms with Crippen LogP contribution in [-0.4, -0.2) is 17.4 Å². The molecule has 7 heteroatoms. The Kier molecular flexibility index (Phi) is 7.23. The molecular weight excluding hydrogens is 356 g/mol. The van der Waals surface area contributed by atoms with Gasteiger partial charge in [-0.2, -0.15) is 5.10 Å². The number of hydrazone groups is 1. The molecule has 0 saturated carbocycles. The van der Waals surface area contributed by atoms with E-state index in [1.165, 1.54) is 12.1 Å². The van der Waals surface area contributed by atoms with E-state index in [0.29, 0.717) is 17.4 Å². The van der Waals surface area contributed by atoms with Crippen LogP contribution >= 0.6 is 12.2 Å². The van der Waals surface area contributed by atoms with Gasteiger partial charge in [0.15, 0.2) is 5.11 Å². The number of halogens is 2. The van der Waals surface area contributed by atoms with E-state index in [0.717, 1.165) is 17.3 Å². The van der Waals surface area contributed by atoms with Gasteiger partial charge < -0.3 is 10.1 Å². The van der Waals surface area contributed by atoms with Crippen molar-refractivity contribution in [3.8, 4) is 5.75 Å². The lowest BCUT2D eigenvalue weighted by Gasteiger charge is -2.09. The largest absolute Gasteiger partial charge is 0.489 e. The molecule has 2 rings (SSSR count). The summed E-state index contributed by atoms with van der Waals surface area (Å²) in [5, 5.41) is 7.51. The minimum atomic E-state index is -0.628. The van der Waals surface area contributed by atoms with Gasteiger partial charge >= 0.3 is 0 Å². The highest BCUT2D eigenvalue weighted by atomic mass is 32.1. The minimum absolute atomic E-state index is 0.0172. The van der Waals surface area contributed by atoms with E-state index in [1.807, 2.05) is 19.1 Å².